The van der Waals surface area contributed by atoms with Crippen molar-refractivity contribution < 1.29 is 8.44 Å². The van der Waals surface area contributed by atoms with Crippen LogP contribution in [0, 0.1) is 0 Å². The molecule has 44 valence electrons. The third-order valence-corrected chi connectivity index (χ3v) is 3.92. The molecule has 3 nitrogen and oxygen atoms in total. The molecular formula is C3H9BiO3. The van der Waals surface area contributed by atoms with Gasteiger partial charge >= 0.3 is 52.8 Å². The summed E-state index contributed by atoms with van der Waals surface area (Å²) < 4.78 is 14.4. The van der Waals surface area contributed by atoms with Crippen molar-refractivity contribution in [1.82, 2.24) is 0 Å². The summed E-state index contributed by atoms with van der Waals surface area (Å²) in [4.78, 5) is 0. The first-order valence-corrected chi connectivity index (χ1v) is 6.03. The van der Waals surface area contributed by atoms with Gasteiger partial charge in [0.1, 0.15) is 0 Å². The Labute approximate surface area is 53.1 Å². The van der Waals surface area contributed by atoms with Crippen LogP contribution < -0.4 is 0 Å². The van der Waals surface area contributed by atoms with Crippen molar-refractivity contribution in [1.29, 1.82) is 0 Å². The Hall–Kier alpha value is 0.763. The van der Waals surface area contributed by atoms with Crippen LogP contribution in [-0.2, 0) is 8.44 Å². The van der Waals surface area contributed by atoms with Gasteiger partial charge in [0.15, 0.2) is 0 Å². The average molecular weight is 302 g/mol. The van der Waals surface area contributed by atoms with Crippen LogP contribution >= 0.6 is 0 Å². The molecule has 0 amide bonds. The molecule has 0 rings (SSSR count). The van der Waals surface area contributed by atoms with Crippen LogP contribution in [0.3, 0.4) is 0 Å². The van der Waals surface area contributed by atoms with Crippen LogP contribution in [0.2, 0.25) is 0 Å². The Morgan fingerprint density at radius 3 is 1.14 bits per heavy atom. The van der Waals surface area contributed by atoms with Gasteiger partial charge in [-0.2, -0.15) is 0 Å². The van der Waals surface area contributed by atoms with Crippen molar-refractivity contribution in [3.63, 3.8) is 0 Å². The van der Waals surface area contributed by atoms with Crippen LogP contribution in [0.1, 0.15) is 0 Å². The summed E-state index contributed by atoms with van der Waals surface area (Å²) in [5, 5.41) is 0. The van der Waals surface area contributed by atoms with E-state index >= 15 is 0 Å². The van der Waals surface area contributed by atoms with Crippen LogP contribution in [0.15, 0.2) is 0 Å². The first-order valence-electron chi connectivity index (χ1n) is 1.77. The molecule has 0 aromatic rings. The minimum absolute atomic E-state index is 1.60. The molecule has 0 aromatic heterocycles. The van der Waals surface area contributed by atoms with Gasteiger partial charge in [-0.05, 0) is 0 Å². The van der Waals surface area contributed by atoms with Crippen molar-refractivity contribution in [3.8, 4) is 0 Å². The molecule has 0 atom stereocenters. The van der Waals surface area contributed by atoms with Crippen molar-refractivity contribution in [2.75, 3.05) is 21.3 Å². The monoisotopic (exact) mass is 302 g/mol. The molecule has 0 saturated heterocycles. The summed E-state index contributed by atoms with van der Waals surface area (Å²) in [5.74, 6) is 0. The zero-order chi connectivity index (χ0) is 5.70. The third kappa shape index (κ3) is 3.35. The van der Waals surface area contributed by atoms with Gasteiger partial charge in [0, 0.05) is 0 Å². The van der Waals surface area contributed by atoms with E-state index in [-0.39, 0.29) is 0 Å². The molecule has 0 unspecified atom stereocenters. The summed E-state index contributed by atoms with van der Waals surface area (Å²) in [6.45, 7) is 0. The van der Waals surface area contributed by atoms with E-state index in [1.54, 1.807) is 21.3 Å². The van der Waals surface area contributed by atoms with E-state index in [4.69, 9.17) is 8.44 Å². The fourth-order valence-electron chi connectivity index (χ4n) is 0.224. The average Bonchev–Trinajstić information content (AvgIpc) is 1.72. The maximum absolute atomic E-state index is 4.81. The second-order valence-electron chi connectivity index (χ2n) is 0.771. The van der Waals surface area contributed by atoms with E-state index in [1.165, 1.54) is 0 Å². The molecule has 7 heavy (non-hydrogen) atoms. The normalized spacial score (nSPS) is 10.3. The number of hydrogen-bond acceptors (Lipinski definition) is 3. The molecule has 0 fully saturated rings. The topological polar surface area (TPSA) is 27.7 Å². The summed E-state index contributed by atoms with van der Waals surface area (Å²) in [6.07, 6.45) is 0. The molecule has 0 aliphatic rings. The van der Waals surface area contributed by atoms with Gasteiger partial charge in [0.25, 0.3) is 0 Å². The Bertz CT molecular complexity index is 31.7. The zero-order valence-electron chi connectivity index (χ0n) is 4.67. The van der Waals surface area contributed by atoms with Crippen molar-refractivity contribution in [2.45, 2.75) is 0 Å². The van der Waals surface area contributed by atoms with E-state index in [9.17, 15) is 0 Å². The van der Waals surface area contributed by atoms with Gasteiger partial charge < -0.3 is 0 Å². The Morgan fingerprint density at radius 2 is 1.14 bits per heavy atom. The van der Waals surface area contributed by atoms with E-state index in [1.807, 2.05) is 0 Å². The summed E-state index contributed by atoms with van der Waals surface area (Å²) in [5.41, 5.74) is 0. The van der Waals surface area contributed by atoms with Crippen LogP contribution in [0.25, 0.3) is 0 Å². The molecule has 0 saturated carbocycles. The van der Waals surface area contributed by atoms with Crippen LogP contribution in [-0.4, -0.2) is 44.4 Å². The van der Waals surface area contributed by atoms with E-state index in [2.05, 4.69) is 0 Å². The molecular weight excluding hydrogens is 293 g/mol. The molecule has 0 spiro atoms. The van der Waals surface area contributed by atoms with Gasteiger partial charge in [0.05, 0.1) is 0 Å². The molecule has 0 aliphatic carbocycles. The second kappa shape index (κ2) is 4.91. The first kappa shape index (κ1) is 7.76. The zero-order valence-corrected chi connectivity index (χ0v) is 8.15. The van der Waals surface area contributed by atoms with Gasteiger partial charge in [-0.1, -0.05) is 0 Å². The molecule has 0 aromatic carbocycles. The number of rotatable bonds is 3. The molecule has 4 heteroatoms. The van der Waals surface area contributed by atoms with E-state index in [0.717, 1.165) is 0 Å². The van der Waals surface area contributed by atoms with Crippen molar-refractivity contribution in [3.05, 3.63) is 0 Å². The second-order valence-corrected chi connectivity index (χ2v) is 6.77. The van der Waals surface area contributed by atoms with Gasteiger partial charge in [-0.3, -0.25) is 0 Å². The van der Waals surface area contributed by atoms with Crippen LogP contribution in [0.4, 0.5) is 0 Å². The third-order valence-electron chi connectivity index (χ3n) is 0.447. The molecule has 0 radical (unpaired) electrons. The van der Waals surface area contributed by atoms with E-state index < -0.39 is 23.1 Å². The molecule has 0 aliphatic heterocycles. The Balaban J connectivity index is 2.99. The Kier molecular flexibility index (Phi) is 5.45. The standard InChI is InChI=1S/3CH3O.Bi/c3*1-2;/h3*1H3;/q3*-1;+3. The molecule has 0 bridgehead atoms. The van der Waals surface area contributed by atoms with E-state index in [0.29, 0.717) is 0 Å². The quantitative estimate of drug-likeness (QED) is 0.682. The summed E-state index contributed by atoms with van der Waals surface area (Å²) in [6, 6.07) is 0. The first-order chi connectivity index (χ1) is 3.35. The maximum atomic E-state index is 4.81. The van der Waals surface area contributed by atoms with Crippen LogP contribution in [0.5, 0.6) is 0 Å². The van der Waals surface area contributed by atoms with Crippen molar-refractivity contribution in [2.24, 2.45) is 0 Å². The molecule has 0 N–H and O–H groups in total. The van der Waals surface area contributed by atoms with Gasteiger partial charge in [-0.25, -0.2) is 0 Å². The number of hydrogen-bond donors (Lipinski definition) is 0. The predicted molar refractivity (Wildman–Crippen MR) is 26.8 cm³/mol. The fourth-order valence-corrected chi connectivity index (χ4v) is 1.96. The predicted octanol–water partition coefficient (Wildman–Crippen LogP) is -0.0895. The van der Waals surface area contributed by atoms with Gasteiger partial charge in [-0.15, -0.1) is 0 Å². The van der Waals surface area contributed by atoms with Gasteiger partial charge in [0.2, 0.25) is 0 Å². The van der Waals surface area contributed by atoms with Crippen molar-refractivity contribution >= 4 is 23.1 Å². The molecule has 0 heterocycles. The minimum atomic E-state index is -2.21. The summed E-state index contributed by atoms with van der Waals surface area (Å²) >= 11 is -2.21. The SMILES string of the molecule is C[O][Bi]([O]C)[O]C. The summed E-state index contributed by atoms with van der Waals surface area (Å²) in [7, 11) is 4.81. The Morgan fingerprint density at radius 1 is 0.857 bits per heavy atom. The fraction of sp³-hybridized carbons (Fsp3) is 1.00.